The molecule has 290 valence electrons. The highest BCUT2D eigenvalue weighted by molar-refractivity contribution is 5.92. The Bertz CT molecular complexity index is 3220. The minimum atomic E-state index is -0.606. The molecule has 3 heterocycles. The fraction of sp³-hybridized carbons (Fsp3) is 0.0172. The lowest BCUT2D eigenvalue weighted by atomic mass is 9.65. The molecule has 8 aromatic carbocycles. The van der Waals surface area contributed by atoms with Gasteiger partial charge in [0.2, 0.25) is 0 Å². The van der Waals surface area contributed by atoms with Crippen LogP contribution in [0.25, 0.3) is 78.4 Å². The van der Waals surface area contributed by atoms with Crippen LogP contribution < -0.4 is 4.74 Å². The molecule has 1 spiro atoms. The minimum Gasteiger partial charge on any atom is -0.457 e. The molecule has 0 radical (unpaired) electrons. The minimum absolute atomic E-state index is 0.606. The zero-order valence-electron chi connectivity index (χ0n) is 33.6. The first kappa shape index (κ1) is 35.7. The van der Waals surface area contributed by atoms with Gasteiger partial charge >= 0.3 is 0 Å². The average molecular weight is 792 g/mol. The van der Waals surface area contributed by atoms with E-state index in [1.165, 1.54) is 22.3 Å². The molecular weight excluding hydrogens is 755 g/mol. The SMILES string of the molecule is c1ccc(-c2cc(-c3cccc(-c4cccc(-c5ccc6c(c5)C5(c7ccccc7Oc7ccccc75)c5cc(-c7cccnc7)ccc5-6)c4)c3)nc(-c3ccccc3)n2)cc1. The molecule has 4 heteroatoms. The lowest BCUT2D eigenvalue weighted by Crippen LogP contribution is -2.32. The number of hydrogen-bond acceptors (Lipinski definition) is 4. The summed E-state index contributed by atoms with van der Waals surface area (Å²) in [6, 6.07) is 75.4. The van der Waals surface area contributed by atoms with Gasteiger partial charge in [0.05, 0.1) is 16.8 Å². The molecule has 0 amide bonds. The van der Waals surface area contributed by atoms with E-state index in [1.54, 1.807) is 0 Å². The molecule has 62 heavy (non-hydrogen) atoms. The van der Waals surface area contributed by atoms with Crippen LogP contribution in [0.2, 0.25) is 0 Å². The largest absolute Gasteiger partial charge is 0.457 e. The Morgan fingerprint density at radius 2 is 0.790 bits per heavy atom. The summed E-state index contributed by atoms with van der Waals surface area (Å²) in [7, 11) is 0. The number of pyridine rings is 1. The normalized spacial score (nSPS) is 12.8. The monoisotopic (exact) mass is 791 g/mol. The highest BCUT2D eigenvalue weighted by atomic mass is 16.5. The van der Waals surface area contributed by atoms with Crippen molar-refractivity contribution in [1.29, 1.82) is 0 Å². The zero-order valence-corrected chi connectivity index (χ0v) is 33.6. The molecule has 0 bridgehead atoms. The highest BCUT2D eigenvalue weighted by Gasteiger charge is 2.51. The molecule has 1 aliphatic carbocycles. The summed E-state index contributed by atoms with van der Waals surface area (Å²) in [6.45, 7) is 0. The van der Waals surface area contributed by atoms with Crippen molar-refractivity contribution >= 4 is 0 Å². The molecule has 10 aromatic rings. The number of nitrogens with zero attached hydrogens (tertiary/aromatic N) is 3. The second-order valence-electron chi connectivity index (χ2n) is 16.0. The summed E-state index contributed by atoms with van der Waals surface area (Å²) in [5.74, 6) is 2.45. The Hall–Kier alpha value is -8.21. The summed E-state index contributed by atoms with van der Waals surface area (Å²) >= 11 is 0. The zero-order chi connectivity index (χ0) is 41.0. The van der Waals surface area contributed by atoms with Crippen LogP contribution in [0.5, 0.6) is 11.5 Å². The number of rotatable bonds is 6. The third-order valence-corrected chi connectivity index (χ3v) is 12.4. The van der Waals surface area contributed by atoms with Gasteiger partial charge < -0.3 is 4.74 Å². The van der Waals surface area contributed by atoms with E-state index in [1.807, 2.05) is 54.9 Å². The van der Waals surface area contributed by atoms with E-state index in [0.29, 0.717) is 5.82 Å². The Morgan fingerprint density at radius 1 is 0.323 bits per heavy atom. The van der Waals surface area contributed by atoms with Gasteiger partial charge in [0.15, 0.2) is 5.82 Å². The molecule has 12 rings (SSSR count). The van der Waals surface area contributed by atoms with Crippen molar-refractivity contribution in [1.82, 2.24) is 15.0 Å². The van der Waals surface area contributed by atoms with E-state index in [-0.39, 0.29) is 0 Å². The van der Waals surface area contributed by atoms with Crippen molar-refractivity contribution in [3.63, 3.8) is 0 Å². The number of para-hydroxylation sites is 2. The molecule has 1 aliphatic heterocycles. The molecule has 0 N–H and O–H groups in total. The molecular formula is C58H37N3O. The molecule has 0 unspecified atom stereocenters. The fourth-order valence-electron chi connectivity index (χ4n) is 9.60. The quantitative estimate of drug-likeness (QED) is 0.168. The van der Waals surface area contributed by atoms with Crippen molar-refractivity contribution < 1.29 is 4.74 Å². The van der Waals surface area contributed by atoms with Crippen LogP contribution >= 0.6 is 0 Å². The fourth-order valence-corrected chi connectivity index (χ4v) is 9.60. The topological polar surface area (TPSA) is 47.9 Å². The van der Waals surface area contributed by atoms with Gasteiger partial charge in [-0.2, -0.15) is 0 Å². The van der Waals surface area contributed by atoms with Crippen molar-refractivity contribution in [3.8, 4) is 89.9 Å². The Kier molecular flexibility index (Phi) is 8.36. The first-order valence-electron chi connectivity index (χ1n) is 21.0. The summed E-state index contributed by atoms with van der Waals surface area (Å²) < 4.78 is 6.67. The molecule has 2 aliphatic rings. The second-order valence-corrected chi connectivity index (χ2v) is 16.0. The standard InChI is InChI=1S/C58H37N3O/c1-3-14-38(15-4-1)53-36-54(61-57(60-53)39-16-5-2-6-17-39)45-21-12-20-42(33-45)40-18-11-19-41(32-40)43-27-29-47-48-30-28-44(46-22-13-31-59-37-46)35-52(48)58(51(47)34-43)49-23-7-9-25-55(49)62-56-26-10-8-24-50(56)58/h1-37H. The predicted octanol–water partition coefficient (Wildman–Crippen LogP) is 14.3. The van der Waals surface area contributed by atoms with Crippen LogP contribution in [0, 0.1) is 0 Å². The van der Waals surface area contributed by atoms with Gasteiger partial charge in [-0.25, -0.2) is 9.97 Å². The third-order valence-electron chi connectivity index (χ3n) is 12.4. The molecule has 2 aromatic heterocycles. The van der Waals surface area contributed by atoms with Crippen molar-refractivity contribution in [3.05, 3.63) is 247 Å². The molecule has 0 saturated carbocycles. The lowest BCUT2D eigenvalue weighted by molar-refractivity contribution is 0.436. The van der Waals surface area contributed by atoms with Crippen LogP contribution in [-0.2, 0) is 5.41 Å². The van der Waals surface area contributed by atoms with Gasteiger partial charge in [0.1, 0.15) is 11.5 Å². The van der Waals surface area contributed by atoms with Gasteiger partial charge in [-0.3, -0.25) is 4.98 Å². The number of aromatic nitrogens is 3. The van der Waals surface area contributed by atoms with E-state index < -0.39 is 5.41 Å². The Morgan fingerprint density at radius 3 is 1.39 bits per heavy atom. The Labute approximate surface area is 360 Å². The van der Waals surface area contributed by atoms with Crippen LogP contribution in [0.1, 0.15) is 22.3 Å². The maximum Gasteiger partial charge on any atom is 0.160 e. The Balaban J connectivity index is 0.990. The van der Waals surface area contributed by atoms with Gasteiger partial charge in [-0.1, -0.05) is 164 Å². The van der Waals surface area contributed by atoms with Crippen LogP contribution in [0.4, 0.5) is 0 Å². The maximum absolute atomic E-state index is 6.67. The summed E-state index contributed by atoms with van der Waals surface area (Å²) in [5, 5.41) is 0. The van der Waals surface area contributed by atoms with E-state index >= 15 is 0 Å². The number of fused-ring (bicyclic) bond motifs is 9. The highest BCUT2D eigenvalue weighted by Crippen LogP contribution is 2.62. The second kappa shape index (κ2) is 14.5. The first-order valence-corrected chi connectivity index (χ1v) is 21.0. The van der Waals surface area contributed by atoms with Crippen molar-refractivity contribution in [2.75, 3.05) is 0 Å². The first-order chi connectivity index (χ1) is 30.7. The van der Waals surface area contributed by atoms with E-state index in [4.69, 9.17) is 14.7 Å². The summed E-state index contributed by atoms with van der Waals surface area (Å²) in [4.78, 5) is 14.6. The van der Waals surface area contributed by atoms with Gasteiger partial charge in [0.25, 0.3) is 0 Å². The number of ether oxygens (including phenoxy) is 1. The van der Waals surface area contributed by atoms with Crippen LogP contribution in [0.15, 0.2) is 225 Å². The molecule has 0 atom stereocenters. The van der Waals surface area contributed by atoms with Gasteiger partial charge in [-0.05, 0) is 104 Å². The predicted molar refractivity (Wildman–Crippen MR) is 250 cm³/mol. The van der Waals surface area contributed by atoms with Crippen LogP contribution in [0.3, 0.4) is 0 Å². The van der Waals surface area contributed by atoms with E-state index in [0.717, 1.165) is 84.1 Å². The van der Waals surface area contributed by atoms with E-state index in [9.17, 15) is 0 Å². The van der Waals surface area contributed by atoms with Gasteiger partial charge in [-0.15, -0.1) is 0 Å². The van der Waals surface area contributed by atoms with E-state index in [2.05, 4.69) is 175 Å². The van der Waals surface area contributed by atoms with Gasteiger partial charge in [0, 0.05) is 40.2 Å². The molecule has 0 fully saturated rings. The molecule has 0 saturated heterocycles. The van der Waals surface area contributed by atoms with Crippen molar-refractivity contribution in [2.24, 2.45) is 0 Å². The van der Waals surface area contributed by atoms with Crippen LogP contribution in [-0.4, -0.2) is 15.0 Å². The number of hydrogen-bond donors (Lipinski definition) is 0. The van der Waals surface area contributed by atoms with Crippen molar-refractivity contribution in [2.45, 2.75) is 5.41 Å². The third kappa shape index (κ3) is 5.80. The maximum atomic E-state index is 6.67. The average Bonchev–Trinajstić information content (AvgIpc) is 3.64. The number of benzene rings is 8. The molecule has 4 nitrogen and oxygen atoms in total. The summed E-state index contributed by atoms with van der Waals surface area (Å²) in [5.41, 5.74) is 18.2. The summed E-state index contributed by atoms with van der Waals surface area (Å²) in [6.07, 6.45) is 3.77. The lowest BCUT2D eigenvalue weighted by Gasteiger charge is -2.39. The smallest absolute Gasteiger partial charge is 0.160 e.